The number of carbonyl (C=O) groups is 1. The molecule has 0 aliphatic heterocycles. The number of hydrogen-bond acceptors (Lipinski definition) is 3. The Labute approximate surface area is 109 Å². The number of rotatable bonds is 7. The molecule has 1 aromatic rings. The topological polar surface area (TPSA) is 64.3 Å². The van der Waals surface area contributed by atoms with E-state index >= 15 is 0 Å². The Morgan fingerprint density at radius 2 is 2.06 bits per heavy atom. The summed E-state index contributed by atoms with van der Waals surface area (Å²) in [5.41, 5.74) is 6.29. The normalized spacial score (nSPS) is 11.9. The molecule has 1 aromatic carbocycles. The van der Waals surface area contributed by atoms with Crippen molar-refractivity contribution < 1.29 is 9.53 Å². The molecule has 0 aliphatic carbocycles. The van der Waals surface area contributed by atoms with Crippen LogP contribution in [0.2, 0.25) is 0 Å². The lowest BCUT2D eigenvalue weighted by atomic mass is 10.2. The van der Waals surface area contributed by atoms with Crippen LogP contribution in [0, 0.1) is 0 Å². The Kier molecular flexibility index (Phi) is 6.22. The molecule has 1 rings (SSSR count). The summed E-state index contributed by atoms with van der Waals surface area (Å²) >= 11 is 0. The fourth-order valence-corrected chi connectivity index (χ4v) is 1.60. The quantitative estimate of drug-likeness (QED) is 0.727. The summed E-state index contributed by atoms with van der Waals surface area (Å²) in [5, 5.41) is 2.87. The molecular weight excluding hydrogens is 228 g/mol. The van der Waals surface area contributed by atoms with E-state index in [0.717, 1.165) is 18.6 Å². The molecule has 0 fully saturated rings. The molecular formula is C14H22N2O2. The van der Waals surface area contributed by atoms with Crippen LogP contribution in [0.5, 0.6) is 5.75 Å². The van der Waals surface area contributed by atoms with Crippen LogP contribution in [-0.2, 0) is 0 Å². The molecule has 0 aliphatic rings. The van der Waals surface area contributed by atoms with Gasteiger partial charge >= 0.3 is 0 Å². The van der Waals surface area contributed by atoms with Crippen molar-refractivity contribution in [2.24, 2.45) is 5.73 Å². The third kappa shape index (κ3) is 5.19. The first kappa shape index (κ1) is 14.5. The van der Waals surface area contributed by atoms with Crippen molar-refractivity contribution in [1.29, 1.82) is 0 Å². The third-order valence-corrected chi connectivity index (χ3v) is 2.55. The number of ether oxygens (including phenoxy) is 1. The average molecular weight is 250 g/mol. The van der Waals surface area contributed by atoms with E-state index in [0.29, 0.717) is 18.7 Å². The fourth-order valence-electron chi connectivity index (χ4n) is 1.60. The third-order valence-electron chi connectivity index (χ3n) is 2.55. The Balaban J connectivity index is 2.37. The maximum Gasteiger partial charge on any atom is 0.251 e. The molecule has 0 saturated heterocycles. The zero-order chi connectivity index (χ0) is 13.4. The van der Waals surface area contributed by atoms with Crippen LogP contribution >= 0.6 is 0 Å². The van der Waals surface area contributed by atoms with E-state index in [2.05, 4.69) is 5.32 Å². The van der Waals surface area contributed by atoms with Crippen LogP contribution in [0.25, 0.3) is 0 Å². The smallest absolute Gasteiger partial charge is 0.251 e. The van der Waals surface area contributed by atoms with Crippen LogP contribution in [0.1, 0.15) is 37.0 Å². The minimum Gasteiger partial charge on any atom is -0.494 e. The zero-order valence-corrected chi connectivity index (χ0v) is 11.1. The highest BCUT2D eigenvalue weighted by molar-refractivity contribution is 5.94. The summed E-state index contributed by atoms with van der Waals surface area (Å²) < 4.78 is 5.32. The van der Waals surface area contributed by atoms with Crippen molar-refractivity contribution in [3.63, 3.8) is 0 Å². The highest BCUT2D eigenvalue weighted by Gasteiger charge is 2.04. The van der Waals surface area contributed by atoms with Gasteiger partial charge in [0.25, 0.3) is 5.91 Å². The molecule has 1 unspecified atom stereocenters. The van der Waals surface area contributed by atoms with Crippen molar-refractivity contribution in [3.8, 4) is 5.75 Å². The van der Waals surface area contributed by atoms with Gasteiger partial charge in [0, 0.05) is 18.2 Å². The second kappa shape index (κ2) is 7.71. The largest absolute Gasteiger partial charge is 0.494 e. The van der Waals surface area contributed by atoms with Crippen molar-refractivity contribution in [1.82, 2.24) is 5.32 Å². The molecule has 3 N–H and O–H groups in total. The van der Waals surface area contributed by atoms with E-state index in [-0.39, 0.29) is 11.9 Å². The van der Waals surface area contributed by atoms with Crippen LogP contribution in [0.4, 0.5) is 0 Å². The molecule has 0 spiro atoms. The lowest BCUT2D eigenvalue weighted by Crippen LogP contribution is -2.26. The molecule has 4 heteroatoms. The number of nitrogens with one attached hydrogen (secondary N) is 1. The molecule has 0 heterocycles. The minimum absolute atomic E-state index is 0.0530. The molecule has 1 atom stereocenters. The van der Waals surface area contributed by atoms with Crippen LogP contribution in [0.3, 0.4) is 0 Å². The number of carbonyl (C=O) groups excluding carboxylic acids is 1. The van der Waals surface area contributed by atoms with Gasteiger partial charge in [-0.25, -0.2) is 0 Å². The van der Waals surface area contributed by atoms with Gasteiger partial charge in [0.2, 0.25) is 0 Å². The molecule has 4 nitrogen and oxygen atoms in total. The fraction of sp³-hybridized carbons (Fsp3) is 0.500. The summed E-state index contributed by atoms with van der Waals surface area (Å²) in [4.78, 5) is 11.8. The zero-order valence-electron chi connectivity index (χ0n) is 11.1. The second-order valence-electron chi connectivity index (χ2n) is 4.33. The van der Waals surface area contributed by atoms with Crippen molar-refractivity contribution >= 4 is 5.91 Å². The molecule has 0 saturated carbocycles. The highest BCUT2D eigenvalue weighted by Crippen LogP contribution is 2.11. The molecule has 1 amide bonds. The monoisotopic (exact) mass is 250 g/mol. The summed E-state index contributed by atoms with van der Waals surface area (Å²) in [6, 6.07) is 7.34. The maximum absolute atomic E-state index is 11.8. The number of benzene rings is 1. The minimum atomic E-state index is -0.0530. The van der Waals surface area contributed by atoms with Crippen molar-refractivity contribution in [2.45, 2.75) is 32.7 Å². The molecule has 100 valence electrons. The molecule has 0 radical (unpaired) electrons. The van der Waals surface area contributed by atoms with Gasteiger partial charge in [0.05, 0.1) is 6.61 Å². The second-order valence-corrected chi connectivity index (χ2v) is 4.33. The maximum atomic E-state index is 11.8. The predicted octanol–water partition coefficient (Wildman–Crippen LogP) is 1.94. The lowest BCUT2D eigenvalue weighted by Gasteiger charge is -2.08. The highest BCUT2D eigenvalue weighted by atomic mass is 16.5. The van der Waals surface area contributed by atoms with Gasteiger partial charge < -0.3 is 15.8 Å². The first-order valence-corrected chi connectivity index (χ1v) is 6.40. The molecule has 0 bridgehead atoms. The predicted molar refractivity (Wildman–Crippen MR) is 72.8 cm³/mol. The van der Waals surface area contributed by atoms with Gasteiger partial charge in [-0.2, -0.15) is 0 Å². The first-order valence-electron chi connectivity index (χ1n) is 6.40. The van der Waals surface area contributed by atoms with E-state index in [9.17, 15) is 4.79 Å². The number of amides is 1. The summed E-state index contributed by atoms with van der Waals surface area (Å²) in [7, 11) is 0. The standard InChI is InChI=1S/C14H22N2O2/c1-3-18-13-8-6-12(7-9-13)14(17)16-10-4-5-11(2)15/h6-9,11H,3-5,10,15H2,1-2H3,(H,16,17). The number of nitrogens with two attached hydrogens (primary N) is 1. The van der Waals surface area contributed by atoms with E-state index < -0.39 is 0 Å². The summed E-state index contributed by atoms with van der Waals surface area (Å²) in [6.07, 6.45) is 1.82. The van der Waals surface area contributed by atoms with Crippen LogP contribution < -0.4 is 15.8 Å². The Bertz CT molecular complexity index is 361. The van der Waals surface area contributed by atoms with Gasteiger partial charge in [-0.3, -0.25) is 4.79 Å². The average Bonchev–Trinajstić information content (AvgIpc) is 2.35. The SMILES string of the molecule is CCOc1ccc(C(=O)NCCCC(C)N)cc1. The Hall–Kier alpha value is -1.55. The van der Waals surface area contributed by atoms with Crippen LogP contribution in [0.15, 0.2) is 24.3 Å². The Morgan fingerprint density at radius 1 is 1.39 bits per heavy atom. The van der Waals surface area contributed by atoms with E-state index in [4.69, 9.17) is 10.5 Å². The van der Waals surface area contributed by atoms with Gasteiger partial charge in [0.15, 0.2) is 0 Å². The number of hydrogen-bond donors (Lipinski definition) is 2. The van der Waals surface area contributed by atoms with Gasteiger partial charge in [-0.15, -0.1) is 0 Å². The van der Waals surface area contributed by atoms with Crippen LogP contribution in [-0.4, -0.2) is 25.1 Å². The molecule has 18 heavy (non-hydrogen) atoms. The lowest BCUT2D eigenvalue weighted by molar-refractivity contribution is 0.0952. The van der Waals surface area contributed by atoms with E-state index in [1.165, 1.54) is 0 Å². The van der Waals surface area contributed by atoms with Crippen molar-refractivity contribution in [2.75, 3.05) is 13.2 Å². The summed E-state index contributed by atoms with van der Waals surface area (Å²) in [6.45, 7) is 5.18. The Morgan fingerprint density at radius 3 is 2.61 bits per heavy atom. The van der Waals surface area contributed by atoms with Gasteiger partial charge in [-0.1, -0.05) is 0 Å². The van der Waals surface area contributed by atoms with Gasteiger partial charge in [-0.05, 0) is 51.0 Å². The van der Waals surface area contributed by atoms with E-state index in [1.807, 2.05) is 13.8 Å². The van der Waals surface area contributed by atoms with Gasteiger partial charge in [0.1, 0.15) is 5.75 Å². The molecule has 0 aromatic heterocycles. The van der Waals surface area contributed by atoms with E-state index in [1.54, 1.807) is 24.3 Å². The van der Waals surface area contributed by atoms with Crippen molar-refractivity contribution in [3.05, 3.63) is 29.8 Å². The first-order chi connectivity index (χ1) is 8.63. The summed E-state index contributed by atoms with van der Waals surface area (Å²) in [5.74, 6) is 0.730.